The Morgan fingerprint density at radius 3 is 2.52 bits per heavy atom. The summed E-state index contributed by atoms with van der Waals surface area (Å²) in [5, 5.41) is -0.262. The molecule has 0 aliphatic heterocycles. The van der Waals surface area contributed by atoms with E-state index in [1.807, 2.05) is 13.0 Å². The van der Waals surface area contributed by atoms with Gasteiger partial charge >= 0.3 is 0 Å². The number of sulfone groups is 1. The fourth-order valence-corrected chi connectivity index (χ4v) is 4.11. The molecule has 2 aromatic rings. The van der Waals surface area contributed by atoms with Gasteiger partial charge in [0, 0.05) is 11.8 Å². The van der Waals surface area contributed by atoms with E-state index in [0.29, 0.717) is 5.52 Å². The molecule has 1 aliphatic carbocycles. The molecule has 1 aliphatic rings. The highest BCUT2D eigenvalue weighted by Gasteiger charge is 2.38. The van der Waals surface area contributed by atoms with Crippen LogP contribution in [-0.4, -0.2) is 24.2 Å². The van der Waals surface area contributed by atoms with Crippen molar-refractivity contribution in [2.75, 3.05) is 6.26 Å². The van der Waals surface area contributed by atoms with Crippen LogP contribution >= 0.6 is 11.6 Å². The van der Waals surface area contributed by atoms with Crippen molar-refractivity contribution in [2.24, 2.45) is 0 Å². The van der Waals surface area contributed by atoms with Crippen molar-refractivity contribution in [3.8, 4) is 0 Å². The fourth-order valence-electron chi connectivity index (χ4n) is 3.14. The minimum absolute atomic E-state index is 0.0106. The minimum atomic E-state index is -3.31. The number of rotatable bonds is 3. The van der Waals surface area contributed by atoms with E-state index in [0.717, 1.165) is 24.2 Å². The summed E-state index contributed by atoms with van der Waals surface area (Å²) in [6.45, 7) is 4.06. The number of fused-ring (bicyclic) bond motifs is 1. The molecule has 0 bridgehead atoms. The van der Waals surface area contributed by atoms with E-state index in [-0.39, 0.29) is 15.8 Å². The second kappa shape index (κ2) is 4.71. The maximum atomic E-state index is 12.0. The van der Waals surface area contributed by atoms with Crippen LogP contribution in [-0.2, 0) is 15.4 Å². The molecular formula is C15H19ClN2O2S. The Kier molecular flexibility index (Phi) is 3.33. The number of para-hydroxylation sites is 1. The van der Waals surface area contributed by atoms with Crippen molar-refractivity contribution in [2.45, 2.75) is 48.9 Å². The monoisotopic (exact) mass is 326 g/mol. The lowest BCUT2D eigenvalue weighted by atomic mass is 9.78. The highest BCUT2D eigenvalue weighted by Crippen LogP contribution is 2.43. The standard InChI is InChI=1S/C15H19ClN2O2S/c1-10(16)14-17-13-11(18(14)15(2)8-5-9-15)6-4-7-12(13)21(3,19)20/h4,6-7,10H,5,8-9H2,1-3H3. The summed E-state index contributed by atoms with van der Waals surface area (Å²) < 4.78 is 26.1. The van der Waals surface area contributed by atoms with Crippen LogP contribution in [0, 0.1) is 0 Å². The largest absolute Gasteiger partial charge is 0.321 e. The fraction of sp³-hybridized carbons (Fsp3) is 0.533. The maximum Gasteiger partial charge on any atom is 0.177 e. The molecule has 0 saturated heterocycles. The first-order chi connectivity index (χ1) is 9.74. The van der Waals surface area contributed by atoms with Gasteiger partial charge in [-0.3, -0.25) is 0 Å². The van der Waals surface area contributed by atoms with Crippen LogP contribution in [0.25, 0.3) is 11.0 Å². The Morgan fingerprint density at radius 1 is 1.38 bits per heavy atom. The van der Waals surface area contributed by atoms with Crippen molar-refractivity contribution in [3.63, 3.8) is 0 Å². The molecule has 1 aromatic heterocycles. The number of alkyl halides is 1. The molecular weight excluding hydrogens is 308 g/mol. The molecule has 0 spiro atoms. The number of nitrogens with zero attached hydrogens (tertiary/aromatic N) is 2. The summed E-state index contributed by atoms with van der Waals surface area (Å²) in [7, 11) is -3.31. The van der Waals surface area contributed by atoms with E-state index >= 15 is 0 Å². The first kappa shape index (κ1) is 14.9. The van der Waals surface area contributed by atoms with Crippen molar-refractivity contribution < 1.29 is 8.42 Å². The Morgan fingerprint density at radius 2 is 2.05 bits per heavy atom. The first-order valence-electron chi connectivity index (χ1n) is 7.10. The molecule has 1 atom stereocenters. The molecule has 1 fully saturated rings. The normalized spacial score (nSPS) is 19.4. The zero-order valence-corrected chi connectivity index (χ0v) is 14.0. The molecule has 1 heterocycles. The molecule has 0 radical (unpaired) electrons. The van der Waals surface area contributed by atoms with Gasteiger partial charge in [0.2, 0.25) is 0 Å². The van der Waals surface area contributed by atoms with E-state index < -0.39 is 9.84 Å². The molecule has 3 rings (SSSR count). The summed E-state index contributed by atoms with van der Waals surface area (Å²) in [5.74, 6) is 0.755. The Balaban J connectivity index is 2.38. The molecule has 114 valence electrons. The maximum absolute atomic E-state index is 12.0. The second-order valence-electron chi connectivity index (χ2n) is 6.17. The summed E-state index contributed by atoms with van der Waals surface area (Å²) >= 11 is 6.30. The van der Waals surface area contributed by atoms with Gasteiger partial charge in [-0.15, -0.1) is 11.6 Å². The van der Waals surface area contributed by atoms with Gasteiger partial charge < -0.3 is 4.57 Å². The number of aromatic nitrogens is 2. The number of imidazole rings is 1. The third-order valence-electron chi connectivity index (χ3n) is 4.40. The molecule has 4 nitrogen and oxygen atoms in total. The zero-order chi connectivity index (χ0) is 15.4. The lowest BCUT2D eigenvalue weighted by Crippen LogP contribution is -2.38. The van der Waals surface area contributed by atoms with Crippen molar-refractivity contribution in [1.29, 1.82) is 0 Å². The topological polar surface area (TPSA) is 52.0 Å². The molecule has 21 heavy (non-hydrogen) atoms. The Hall–Kier alpha value is -1.07. The van der Waals surface area contributed by atoms with Gasteiger partial charge in [-0.25, -0.2) is 13.4 Å². The molecule has 6 heteroatoms. The SMILES string of the molecule is CC(Cl)c1nc2c(S(C)(=O)=O)cccc2n1C1(C)CCC1. The predicted octanol–water partition coefficient (Wildman–Crippen LogP) is 3.64. The summed E-state index contributed by atoms with van der Waals surface area (Å²) in [6, 6.07) is 5.33. The molecule has 0 amide bonds. The van der Waals surface area contributed by atoms with E-state index in [2.05, 4.69) is 16.5 Å². The smallest absolute Gasteiger partial charge is 0.177 e. The van der Waals surface area contributed by atoms with Crippen LogP contribution in [0.2, 0.25) is 0 Å². The quantitative estimate of drug-likeness (QED) is 0.809. The van der Waals surface area contributed by atoms with Crippen molar-refractivity contribution in [3.05, 3.63) is 24.0 Å². The van der Waals surface area contributed by atoms with Gasteiger partial charge in [0.15, 0.2) is 9.84 Å². The van der Waals surface area contributed by atoms with Crippen LogP contribution < -0.4 is 0 Å². The number of halogens is 1. The third-order valence-corrected chi connectivity index (χ3v) is 5.72. The van der Waals surface area contributed by atoms with Gasteiger partial charge in [0.05, 0.1) is 15.8 Å². The van der Waals surface area contributed by atoms with Gasteiger partial charge in [-0.05, 0) is 45.2 Å². The number of benzene rings is 1. The van der Waals surface area contributed by atoms with Gasteiger partial charge in [-0.1, -0.05) is 6.07 Å². The number of hydrogen-bond acceptors (Lipinski definition) is 3. The van der Waals surface area contributed by atoms with Crippen LogP contribution in [0.4, 0.5) is 0 Å². The lowest BCUT2D eigenvalue weighted by Gasteiger charge is -2.41. The third kappa shape index (κ3) is 2.27. The van der Waals surface area contributed by atoms with Crippen molar-refractivity contribution in [1.82, 2.24) is 9.55 Å². The van der Waals surface area contributed by atoms with E-state index in [1.54, 1.807) is 12.1 Å². The average Bonchev–Trinajstić information content (AvgIpc) is 2.74. The summed E-state index contributed by atoms with van der Waals surface area (Å²) in [5.41, 5.74) is 1.39. The van der Waals surface area contributed by atoms with E-state index in [1.165, 1.54) is 12.7 Å². The molecule has 1 aromatic carbocycles. The zero-order valence-electron chi connectivity index (χ0n) is 12.4. The van der Waals surface area contributed by atoms with E-state index in [4.69, 9.17) is 11.6 Å². The number of hydrogen-bond donors (Lipinski definition) is 0. The minimum Gasteiger partial charge on any atom is -0.321 e. The van der Waals surface area contributed by atoms with Crippen LogP contribution in [0.1, 0.15) is 44.3 Å². The van der Waals surface area contributed by atoms with Gasteiger partial charge in [0.25, 0.3) is 0 Å². The van der Waals surface area contributed by atoms with Crippen LogP contribution in [0.3, 0.4) is 0 Å². The summed E-state index contributed by atoms with van der Waals surface area (Å²) in [6.07, 6.45) is 4.53. The lowest BCUT2D eigenvalue weighted by molar-refractivity contribution is 0.169. The van der Waals surface area contributed by atoms with E-state index in [9.17, 15) is 8.42 Å². The predicted molar refractivity (Wildman–Crippen MR) is 84.6 cm³/mol. The van der Waals surface area contributed by atoms with Gasteiger partial charge in [-0.2, -0.15) is 0 Å². The molecule has 1 saturated carbocycles. The van der Waals surface area contributed by atoms with Crippen molar-refractivity contribution >= 4 is 32.5 Å². The first-order valence-corrected chi connectivity index (χ1v) is 9.43. The Labute approximate surface area is 130 Å². The Bertz CT molecular complexity index is 804. The molecule has 1 unspecified atom stereocenters. The summed E-state index contributed by atoms with van der Waals surface area (Å²) in [4.78, 5) is 4.86. The van der Waals surface area contributed by atoms with Gasteiger partial charge in [0.1, 0.15) is 11.3 Å². The van der Waals surface area contributed by atoms with Crippen LogP contribution in [0.15, 0.2) is 23.1 Å². The highest BCUT2D eigenvalue weighted by atomic mass is 35.5. The molecule has 0 N–H and O–H groups in total. The highest BCUT2D eigenvalue weighted by molar-refractivity contribution is 7.91. The van der Waals surface area contributed by atoms with Crippen LogP contribution in [0.5, 0.6) is 0 Å². The second-order valence-corrected chi connectivity index (χ2v) is 8.81. The average molecular weight is 327 g/mol.